The van der Waals surface area contributed by atoms with Gasteiger partial charge < -0.3 is 26.0 Å². The third-order valence-corrected chi connectivity index (χ3v) is 7.15. The number of rotatable bonds is 17. The van der Waals surface area contributed by atoms with Gasteiger partial charge in [0.2, 0.25) is 27.7 Å². The first-order valence-corrected chi connectivity index (χ1v) is 15.9. The molecule has 6 N–H and O–H groups in total. The standard InChI is InChI=1S/C27H45N5O7S2/c1-6-7-21(32-27(36)39-15-18(4)5)25(34)30-22(14-17(2)3)26(35)31-23(16-40)24(33)29-13-12-19-8-10-20(11-9-19)41(28,37)38/h8-11,17-18,21-23,40H,6-7,12-16H2,1-5H3,(H,29,33)(H,30,34)(H,31,35)(H,32,36)(H2,28,37,38). The summed E-state index contributed by atoms with van der Waals surface area (Å²) in [6.07, 6.45) is 0.988. The predicted molar refractivity (Wildman–Crippen MR) is 160 cm³/mol. The van der Waals surface area contributed by atoms with E-state index in [0.29, 0.717) is 25.7 Å². The van der Waals surface area contributed by atoms with Gasteiger partial charge in [-0.25, -0.2) is 18.4 Å². The molecule has 1 aromatic carbocycles. The summed E-state index contributed by atoms with van der Waals surface area (Å²) in [7, 11) is -3.79. The lowest BCUT2D eigenvalue weighted by atomic mass is 10.0. The van der Waals surface area contributed by atoms with E-state index >= 15 is 0 Å². The van der Waals surface area contributed by atoms with Gasteiger partial charge in [-0.1, -0.05) is 53.2 Å². The number of sulfonamides is 1. The zero-order valence-electron chi connectivity index (χ0n) is 24.4. The van der Waals surface area contributed by atoms with Gasteiger partial charge >= 0.3 is 6.09 Å². The molecule has 0 bridgehead atoms. The quantitative estimate of drug-likeness (QED) is 0.143. The van der Waals surface area contributed by atoms with E-state index in [4.69, 9.17) is 9.88 Å². The van der Waals surface area contributed by atoms with Crippen molar-refractivity contribution in [1.82, 2.24) is 21.3 Å². The van der Waals surface area contributed by atoms with E-state index in [2.05, 4.69) is 33.9 Å². The minimum atomic E-state index is -3.79. The van der Waals surface area contributed by atoms with Crippen LogP contribution in [0.5, 0.6) is 0 Å². The molecule has 1 rings (SSSR count). The summed E-state index contributed by atoms with van der Waals surface area (Å²) in [6.45, 7) is 9.91. The minimum absolute atomic E-state index is 0.00552. The summed E-state index contributed by atoms with van der Waals surface area (Å²) in [4.78, 5) is 51.1. The first kappa shape index (κ1) is 36.2. The fourth-order valence-electron chi connectivity index (χ4n) is 3.72. The van der Waals surface area contributed by atoms with Crippen LogP contribution in [0.25, 0.3) is 0 Å². The molecule has 0 fully saturated rings. The molecule has 4 amide bonds. The molecule has 0 radical (unpaired) electrons. The number of carbonyl (C=O) groups is 4. The highest BCUT2D eigenvalue weighted by Crippen LogP contribution is 2.10. The van der Waals surface area contributed by atoms with E-state index in [1.807, 2.05) is 34.6 Å². The maximum absolute atomic E-state index is 13.2. The molecule has 0 heterocycles. The SMILES string of the molecule is CCCC(NC(=O)OCC(C)C)C(=O)NC(CC(C)C)C(=O)NC(CS)C(=O)NCCc1ccc(S(N)(=O)=O)cc1. The van der Waals surface area contributed by atoms with Crippen molar-refractivity contribution in [3.8, 4) is 0 Å². The fourth-order valence-corrected chi connectivity index (χ4v) is 4.50. The molecule has 12 nitrogen and oxygen atoms in total. The average molecular weight is 616 g/mol. The molecule has 0 aromatic heterocycles. The largest absolute Gasteiger partial charge is 0.449 e. The Labute approximate surface area is 248 Å². The minimum Gasteiger partial charge on any atom is -0.449 e. The summed E-state index contributed by atoms with van der Waals surface area (Å²) >= 11 is 4.21. The van der Waals surface area contributed by atoms with Gasteiger partial charge in [-0.15, -0.1) is 0 Å². The Morgan fingerprint density at radius 1 is 0.878 bits per heavy atom. The van der Waals surface area contributed by atoms with E-state index in [0.717, 1.165) is 5.56 Å². The number of hydrogen-bond acceptors (Lipinski definition) is 8. The maximum Gasteiger partial charge on any atom is 0.407 e. The van der Waals surface area contributed by atoms with Crippen molar-refractivity contribution in [3.05, 3.63) is 29.8 Å². The van der Waals surface area contributed by atoms with Crippen molar-refractivity contribution in [2.75, 3.05) is 18.9 Å². The van der Waals surface area contributed by atoms with Crippen molar-refractivity contribution in [3.63, 3.8) is 0 Å². The summed E-state index contributed by atoms with van der Waals surface area (Å²) in [5, 5.41) is 15.8. The van der Waals surface area contributed by atoms with Crippen LogP contribution in [0.15, 0.2) is 29.2 Å². The number of alkyl carbamates (subject to hydrolysis) is 1. The van der Waals surface area contributed by atoms with Gasteiger partial charge in [0.15, 0.2) is 0 Å². The zero-order valence-corrected chi connectivity index (χ0v) is 26.1. The van der Waals surface area contributed by atoms with Gasteiger partial charge in [-0.3, -0.25) is 14.4 Å². The van der Waals surface area contributed by atoms with Gasteiger partial charge in [0.25, 0.3) is 0 Å². The van der Waals surface area contributed by atoms with Crippen molar-refractivity contribution in [1.29, 1.82) is 0 Å². The van der Waals surface area contributed by atoms with Gasteiger partial charge in [-0.05, 0) is 48.8 Å². The lowest BCUT2D eigenvalue weighted by Crippen LogP contribution is -2.57. The molecule has 14 heteroatoms. The molecular weight excluding hydrogens is 570 g/mol. The normalized spacial score (nSPS) is 13.7. The number of hydrogen-bond donors (Lipinski definition) is 6. The van der Waals surface area contributed by atoms with Crippen molar-refractivity contribution >= 4 is 46.5 Å². The summed E-state index contributed by atoms with van der Waals surface area (Å²) in [6, 6.07) is 3.20. The summed E-state index contributed by atoms with van der Waals surface area (Å²) in [5.41, 5.74) is 0.784. The number of amides is 4. The molecule has 0 saturated carbocycles. The van der Waals surface area contributed by atoms with E-state index in [1.165, 1.54) is 12.1 Å². The Kier molecular flexibility index (Phi) is 15.8. The topological polar surface area (TPSA) is 186 Å². The number of nitrogens with two attached hydrogens (primary N) is 1. The molecular formula is C27H45N5O7S2. The number of ether oxygens (including phenoxy) is 1. The number of thiol groups is 1. The second-order valence-electron chi connectivity index (χ2n) is 10.6. The van der Waals surface area contributed by atoms with Gasteiger partial charge in [0.1, 0.15) is 18.1 Å². The summed E-state index contributed by atoms with van der Waals surface area (Å²) in [5.74, 6) is -1.32. The van der Waals surface area contributed by atoms with E-state index in [9.17, 15) is 27.6 Å². The molecule has 0 saturated heterocycles. The van der Waals surface area contributed by atoms with Crippen LogP contribution in [-0.4, -0.2) is 69.3 Å². The zero-order chi connectivity index (χ0) is 31.2. The van der Waals surface area contributed by atoms with Gasteiger partial charge in [0.05, 0.1) is 11.5 Å². The van der Waals surface area contributed by atoms with Crippen molar-refractivity contribution < 1.29 is 32.3 Å². The third kappa shape index (κ3) is 14.1. The number of primary sulfonamides is 1. The maximum atomic E-state index is 13.2. The second-order valence-corrected chi connectivity index (χ2v) is 12.6. The lowest BCUT2D eigenvalue weighted by Gasteiger charge is -2.25. The monoisotopic (exact) mass is 615 g/mol. The number of benzene rings is 1. The van der Waals surface area contributed by atoms with Crippen LogP contribution in [0, 0.1) is 11.8 Å². The molecule has 0 aliphatic carbocycles. The van der Waals surface area contributed by atoms with E-state index in [1.54, 1.807) is 12.1 Å². The van der Waals surface area contributed by atoms with Crippen LogP contribution in [-0.2, 0) is 35.6 Å². The van der Waals surface area contributed by atoms with Gasteiger partial charge in [-0.2, -0.15) is 12.6 Å². The Morgan fingerprint density at radius 2 is 1.46 bits per heavy atom. The van der Waals surface area contributed by atoms with Crippen molar-refractivity contribution in [2.45, 2.75) is 83.3 Å². The Bertz CT molecular complexity index is 1110. The highest BCUT2D eigenvalue weighted by atomic mass is 32.2. The third-order valence-electron chi connectivity index (χ3n) is 5.85. The first-order valence-electron chi connectivity index (χ1n) is 13.7. The molecule has 1 aromatic rings. The van der Waals surface area contributed by atoms with Crippen LogP contribution in [0.2, 0.25) is 0 Å². The van der Waals surface area contributed by atoms with Crippen molar-refractivity contribution in [2.24, 2.45) is 17.0 Å². The molecule has 0 spiro atoms. The van der Waals surface area contributed by atoms with Crippen LogP contribution in [0.4, 0.5) is 4.79 Å². The Morgan fingerprint density at radius 3 is 1.98 bits per heavy atom. The fraction of sp³-hybridized carbons (Fsp3) is 0.630. The van der Waals surface area contributed by atoms with E-state index in [-0.39, 0.29) is 35.6 Å². The average Bonchev–Trinajstić information content (AvgIpc) is 2.89. The van der Waals surface area contributed by atoms with Crippen LogP contribution >= 0.6 is 12.6 Å². The lowest BCUT2D eigenvalue weighted by molar-refractivity contribution is -0.132. The van der Waals surface area contributed by atoms with Crippen LogP contribution in [0.3, 0.4) is 0 Å². The Balaban J connectivity index is 2.79. The molecule has 0 aliphatic rings. The molecule has 232 valence electrons. The summed E-state index contributed by atoms with van der Waals surface area (Å²) < 4.78 is 27.9. The Hall–Kier alpha value is -2.84. The second kappa shape index (κ2) is 17.9. The number of carbonyl (C=O) groups excluding carboxylic acids is 4. The smallest absolute Gasteiger partial charge is 0.407 e. The first-order chi connectivity index (χ1) is 19.2. The van der Waals surface area contributed by atoms with Crippen LogP contribution < -0.4 is 26.4 Å². The number of nitrogens with one attached hydrogen (secondary N) is 4. The van der Waals surface area contributed by atoms with Crippen LogP contribution in [0.1, 0.15) is 59.4 Å². The predicted octanol–water partition coefficient (Wildman–Crippen LogP) is 1.49. The van der Waals surface area contributed by atoms with E-state index < -0.39 is 52.0 Å². The molecule has 3 atom stereocenters. The molecule has 0 aliphatic heterocycles. The highest BCUT2D eigenvalue weighted by Gasteiger charge is 2.29. The molecule has 41 heavy (non-hydrogen) atoms. The molecule has 3 unspecified atom stereocenters. The highest BCUT2D eigenvalue weighted by molar-refractivity contribution is 7.89. The van der Waals surface area contributed by atoms with Gasteiger partial charge in [0, 0.05) is 12.3 Å².